The maximum absolute atomic E-state index is 11.0. The molecular formula is C11H17NO2S. The number of sulfonamides is 1. The van der Waals surface area contributed by atoms with E-state index in [1.807, 2.05) is 24.3 Å². The van der Waals surface area contributed by atoms with Gasteiger partial charge in [-0.15, -0.1) is 0 Å². The number of benzene rings is 1. The van der Waals surface area contributed by atoms with Crippen molar-refractivity contribution in [1.29, 1.82) is 0 Å². The first-order valence-electron chi connectivity index (χ1n) is 4.92. The van der Waals surface area contributed by atoms with E-state index in [0.29, 0.717) is 12.5 Å². The molecule has 0 aliphatic rings. The predicted molar refractivity (Wildman–Crippen MR) is 62.2 cm³/mol. The Balaban J connectivity index is 2.85. The van der Waals surface area contributed by atoms with Gasteiger partial charge in [-0.3, -0.25) is 0 Å². The molecule has 0 aliphatic carbocycles. The van der Waals surface area contributed by atoms with Crippen LogP contribution in [0.25, 0.3) is 0 Å². The molecular weight excluding hydrogens is 210 g/mol. The van der Waals surface area contributed by atoms with Crippen LogP contribution in [0.2, 0.25) is 0 Å². The Morgan fingerprint density at radius 3 is 2.40 bits per heavy atom. The average molecular weight is 227 g/mol. The topological polar surface area (TPSA) is 46.2 Å². The number of rotatable bonds is 4. The molecule has 0 saturated carbocycles. The Morgan fingerprint density at radius 1 is 1.27 bits per heavy atom. The molecule has 0 spiro atoms. The van der Waals surface area contributed by atoms with Crippen molar-refractivity contribution >= 4 is 10.0 Å². The number of hydrogen-bond donors (Lipinski definition) is 1. The molecule has 0 radical (unpaired) electrons. The van der Waals surface area contributed by atoms with Crippen LogP contribution >= 0.6 is 0 Å². The minimum absolute atomic E-state index is 0.368. The molecule has 0 aliphatic heterocycles. The molecule has 0 heterocycles. The number of hydrogen-bond acceptors (Lipinski definition) is 2. The first kappa shape index (κ1) is 12.2. The van der Waals surface area contributed by atoms with Crippen LogP contribution in [-0.4, -0.2) is 14.7 Å². The number of nitrogens with one attached hydrogen (secondary N) is 1. The summed E-state index contributed by atoms with van der Waals surface area (Å²) in [5, 5.41) is 0. The molecule has 1 aromatic rings. The maximum Gasteiger partial charge on any atom is 0.209 e. The normalized spacial score (nSPS) is 12.0. The van der Waals surface area contributed by atoms with Crippen LogP contribution in [0.1, 0.15) is 30.9 Å². The van der Waals surface area contributed by atoms with Crippen LogP contribution in [0.4, 0.5) is 0 Å². The summed E-state index contributed by atoms with van der Waals surface area (Å²) in [6.45, 7) is 4.56. The summed E-state index contributed by atoms with van der Waals surface area (Å²) >= 11 is 0. The largest absolute Gasteiger partial charge is 0.213 e. The molecule has 1 aromatic carbocycles. The molecule has 15 heavy (non-hydrogen) atoms. The van der Waals surface area contributed by atoms with Crippen LogP contribution in [0.5, 0.6) is 0 Å². The van der Waals surface area contributed by atoms with E-state index in [4.69, 9.17) is 0 Å². The highest BCUT2D eigenvalue weighted by molar-refractivity contribution is 7.88. The lowest BCUT2D eigenvalue weighted by molar-refractivity contribution is 0.587. The highest BCUT2D eigenvalue weighted by Gasteiger charge is 2.07. The van der Waals surface area contributed by atoms with Crippen molar-refractivity contribution in [3.63, 3.8) is 0 Å². The van der Waals surface area contributed by atoms with E-state index >= 15 is 0 Å². The molecule has 1 N–H and O–H groups in total. The van der Waals surface area contributed by atoms with Gasteiger partial charge in [0.15, 0.2) is 0 Å². The molecule has 0 saturated heterocycles. The fourth-order valence-electron chi connectivity index (χ4n) is 1.47. The second-order valence-corrected chi connectivity index (χ2v) is 5.78. The maximum atomic E-state index is 11.0. The standard InChI is InChI=1S/C11H17NO2S/c1-9(2)11-7-5-4-6-10(11)8-12-15(3,13)14/h4-7,9,12H,8H2,1-3H3. The Labute approximate surface area is 91.6 Å². The van der Waals surface area contributed by atoms with Crippen LogP contribution in [0.3, 0.4) is 0 Å². The Hall–Kier alpha value is -0.870. The molecule has 0 atom stereocenters. The smallest absolute Gasteiger partial charge is 0.209 e. The van der Waals surface area contributed by atoms with Crippen molar-refractivity contribution in [2.45, 2.75) is 26.3 Å². The lowest BCUT2D eigenvalue weighted by atomic mass is 9.97. The van der Waals surface area contributed by atoms with E-state index in [1.165, 1.54) is 11.8 Å². The van der Waals surface area contributed by atoms with E-state index in [-0.39, 0.29) is 0 Å². The minimum Gasteiger partial charge on any atom is -0.213 e. The van der Waals surface area contributed by atoms with Gasteiger partial charge in [-0.25, -0.2) is 13.1 Å². The minimum atomic E-state index is -3.11. The van der Waals surface area contributed by atoms with E-state index < -0.39 is 10.0 Å². The second-order valence-electron chi connectivity index (χ2n) is 3.95. The van der Waals surface area contributed by atoms with Crippen LogP contribution in [0, 0.1) is 0 Å². The summed E-state index contributed by atoms with van der Waals surface area (Å²) in [7, 11) is -3.11. The summed E-state index contributed by atoms with van der Waals surface area (Å²) in [6.07, 6.45) is 1.17. The lowest BCUT2D eigenvalue weighted by Gasteiger charge is -2.12. The van der Waals surface area contributed by atoms with Crippen LogP contribution in [-0.2, 0) is 16.6 Å². The van der Waals surface area contributed by atoms with Crippen molar-refractivity contribution < 1.29 is 8.42 Å². The first-order chi connectivity index (χ1) is 6.90. The van der Waals surface area contributed by atoms with Crippen molar-refractivity contribution in [2.75, 3.05) is 6.26 Å². The third-order valence-corrected chi connectivity index (χ3v) is 2.87. The van der Waals surface area contributed by atoms with Crippen molar-refractivity contribution in [3.8, 4) is 0 Å². The summed E-state index contributed by atoms with van der Waals surface area (Å²) in [4.78, 5) is 0. The average Bonchev–Trinajstić information content (AvgIpc) is 2.14. The summed E-state index contributed by atoms with van der Waals surface area (Å²) in [5.74, 6) is 0.405. The van der Waals surface area contributed by atoms with Gasteiger partial charge < -0.3 is 0 Å². The van der Waals surface area contributed by atoms with Crippen molar-refractivity contribution in [3.05, 3.63) is 35.4 Å². The molecule has 0 amide bonds. The van der Waals surface area contributed by atoms with Gasteiger partial charge in [-0.05, 0) is 17.0 Å². The Kier molecular flexibility index (Phi) is 3.88. The predicted octanol–water partition coefficient (Wildman–Crippen LogP) is 1.86. The van der Waals surface area contributed by atoms with Crippen molar-refractivity contribution in [2.24, 2.45) is 0 Å². The molecule has 0 fully saturated rings. The van der Waals surface area contributed by atoms with Gasteiger partial charge in [-0.1, -0.05) is 38.1 Å². The third-order valence-electron chi connectivity index (χ3n) is 2.20. The molecule has 0 unspecified atom stereocenters. The molecule has 3 nitrogen and oxygen atoms in total. The zero-order valence-corrected chi connectivity index (χ0v) is 10.1. The van der Waals surface area contributed by atoms with Crippen LogP contribution < -0.4 is 4.72 Å². The quantitative estimate of drug-likeness (QED) is 0.853. The highest BCUT2D eigenvalue weighted by Crippen LogP contribution is 2.18. The van der Waals surface area contributed by atoms with Gasteiger partial charge in [0.25, 0.3) is 0 Å². The van der Waals surface area contributed by atoms with Gasteiger partial charge in [-0.2, -0.15) is 0 Å². The fraction of sp³-hybridized carbons (Fsp3) is 0.455. The Morgan fingerprint density at radius 2 is 1.87 bits per heavy atom. The SMILES string of the molecule is CC(C)c1ccccc1CNS(C)(=O)=O. The second kappa shape index (κ2) is 4.77. The Bertz CT molecular complexity index is 424. The molecule has 1 rings (SSSR count). The molecule has 4 heteroatoms. The van der Waals surface area contributed by atoms with E-state index in [2.05, 4.69) is 18.6 Å². The summed E-state index contributed by atoms with van der Waals surface area (Å²) in [6, 6.07) is 7.88. The van der Waals surface area contributed by atoms with Gasteiger partial charge in [0.1, 0.15) is 0 Å². The summed E-state index contributed by atoms with van der Waals surface area (Å²) in [5.41, 5.74) is 2.23. The zero-order chi connectivity index (χ0) is 11.5. The fourth-order valence-corrected chi connectivity index (χ4v) is 1.88. The summed E-state index contributed by atoms with van der Waals surface area (Å²) < 4.78 is 24.5. The lowest BCUT2D eigenvalue weighted by Crippen LogP contribution is -2.22. The van der Waals surface area contributed by atoms with Crippen LogP contribution in [0.15, 0.2) is 24.3 Å². The van der Waals surface area contributed by atoms with E-state index in [1.54, 1.807) is 0 Å². The van der Waals surface area contributed by atoms with E-state index in [0.717, 1.165) is 5.56 Å². The highest BCUT2D eigenvalue weighted by atomic mass is 32.2. The van der Waals surface area contributed by atoms with Gasteiger partial charge in [0, 0.05) is 6.54 Å². The van der Waals surface area contributed by atoms with Gasteiger partial charge in [0.05, 0.1) is 6.26 Å². The van der Waals surface area contributed by atoms with Gasteiger partial charge >= 0.3 is 0 Å². The van der Waals surface area contributed by atoms with E-state index in [9.17, 15) is 8.42 Å². The molecule has 0 bridgehead atoms. The van der Waals surface area contributed by atoms with Gasteiger partial charge in [0.2, 0.25) is 10.0 Å². The third kappa shape index (κ3) is 4.01. The monoisotopic (exact) mass is 227 g/mol. The molecule has 84 valence electrons. The molecule has 0 aromatic heterocycles. The zero-order valence-electron chi connectivity index (χ0n) is 9.32. The first-order valence-corrected chi connectivity index (χ1v) is 6.81. The van der Waals surface area contributed by atoms with Crippen molar-refractivity contribution in [1.82, 2.24) is 4.72 Å².